The summed E-state index contributed by atoms with van der Waals surface area (Å²) >= 11 is 0. The minimum atomic E-state index is -4.71. The molecule has 1 aliphatic rings. The van der Waals surface area contributed by atoms with Gasteiger partial charge in [0.1, 0.15) is 10.1 Å². The van der Waals surface area contributed by atoms with E-state index in [4.69, 9.17) is 17.4 Å². The number of hydrazone groups is 1. The largest absolute Gasteiger partial charge is 1.00 e. The van der Waals surface area contributed by atoms with Crippen LogP contribution >= 0.6 is 0 Å². The third-order valence-electron chi connectivity index (χ3n) is 5.14. The number of aromatic carboxylic acids is 1. The van der Waals surface area contributed by atoms with Crippen molar-refractivity contribution >= 4 is 50.8 Å². The van der Waals surface area contributed by atoms with Gasteiger partial charge in [-0.1, -0.05) is 6.08 Å². The van der Waals surface area contributed by atoms with E-state index in [1.54, 1.807) is 24.3 Å². The maximum atomic E-state index is 12.9. The van der Waals surface area contributed by atoms with Gasteiger partial charge >= 0.3 is 75.7 Å². The molecule has 0 saturated heterocycles. The molecule has 3 aromatic rings. The molecule has 0 aliphatic carbocycles. The zero-order chi connectivity index (χ0) is 30.3. The molecule has 0 bridgehead atoms. The number of aliphatic hydroxyl groups excluding tert-OH is 1. The summed E-state index contributed by atoms with van der Waals surface area (Å²) in [5.41, 5.74) is -0.943. The van der Waals surface area contributed by atoms with Crippen LogP contribution in [0.2, 0.25) is 0 Å². The van der Waals surface area contributed by atoms with Crippen LogP contribution in [0.4, 0.5) is 5.69 Å². The van der Waals surface area contributed by atoms with Crippen LogP contribution in [0.15, 0.2) is 81.0 Å². The van der Waals surface area contributed by atoms with E-state index in [2.05, 4.69) is 16.3 Å². The van der Waals surface area contributed by atoms with Crippen molar-refractivity contribution in [3.63, 3.8) is 0 Å². The van der Waals surface area contributed by atoms with E-state index in [1.807, 2.05) is 0 Å². The van der Waals surface area contributed by atoms with Crippen LogP contribution in [0.25, 0.3) is 11.8 Å². The van der Waals surface area contributed by atoms with Crippen LogP contribution in [-0.2, 0) is 30.3 Å². The number of benzene rings is 2. The number of aliphatic hydroxyl groups is 1. The quantitative estimate of drug-likeness (QED) is 0.0934. The van der Waals surface area contributed by atoms with Crippen molar-refractivity contribution in [2.24, 2.45) is 5.10 Å². The summed E-state index contributed by atoms with van der Waals surface area (Å²) in [5, 5.41) is 27.9. The Labute approximate surface area is 288 Å². The summed E-state index contributed by atoms with van der Waals surface area (Å²) in [7, 11) is -7.82. The minimum Gasteiger partial charge on any atom is -0.744 e. The number of rotatable bonds is 7. The van der Waals surface area contributed by atoms with Gasteiger partial charge in [-0.25, -0.2) is 17.9 Å². The molecule has 2 heterocycles. The fourth-order valence-electron chi connectivity index (χ4n) is 3.44. The number of aromatic amines is 1. The van der Waals surface area contributed by atoms with Crippen LogP contribution in [0, 0.1) is 6.07 Å². The Morgan fingerprint density at radius 3 is 2.19 bits per heavy atom. The molecule has 0 spiro atoms. The first-order chi connectivity index (χ1) is 19.3. The van der Waals surface area contributed by atoms with Crippen LogP contribution in [0.3, 0.4) is 0 Å². The molecule has 0 fully saturated rings. The summed E-state index contributed by atoms with van der Waals surface area (Å²) in [6.07, 6.45) is 2.35. The number of nitrogens with one attached hydrogen (secondary N) is 1. The van der Waals surface area contributed by atoms with Gasteiger partial charge < -0.3 is 19.5 Å². The Kier molecular flexibility index (Phi) is 14.6. The second-order valence-corrected chi connectivity index (χ2v) is 9.36. The molecular weight excluding hydrogens is 634 g/mol. The van der Waals surface area contributed by atoms with Gasteiger partial charge in [-0.15, -0.1) is 29.9 Å². The van der Waals surface area contributed by atoms with E-state index >= 15 is 0 Å². The molecule has 16 nitrogen and oxygen atoms in total. The molecule has 43 heavy (non-hydrogen) atoms. The van der Waals surface area contributed by atoms with E-state index in [0.717, 1.165) is 35.0 Å². The number of H-pyrrole nitrogens is 1. The Bertz CT molecular complexity index is 1830. The number of nitrogens with zero attached hydrogens (tertiary/aromatic N) is 3. The number of anilines is 1. The molecule has 20 heteroatoms. The molecule has 1 atom stereocenters. The van der Waals surface area contributed by atoms with Gasteiger partial charge in [-0.05, 0) is 42.1 Å². The Morgan fingerprint density at radius 1 is 1.09 bits per heavy atom. The van der Waals surface area contributed by atoms with E-state index in [-0.39, 0.29) is 88.3 Å². The second-order valence-electron chi connectivity index (χ2n) is 7.58. The first kappa shape index (κ1) is 37.9. The molecule has 1 unspecified atom stereocenters. The average molecular weight is 651 g/mol. The van der Waals surface area contributed by atoms with E-state index in [9.17, 15) is 37.6 Å². The van der Waals surface area contributed by atoms with Crippen molar-refractivity contribution in [3.05, 3.63) is 93.9 Å². The van der Waals surface area contributed by atoms with Crippen molar-refractivity contribution < 1.29 is 109 Å². The zero-order valence-electron chi connectivity index (χ0n) is 22.1. The van der Waals surface area contributed by atoms with E-state index < -0.39 is 49.1 Å². The predicted octanol–water partition coefficient (Wildman–Crippen LogP) is -6.16. The number of ether oxygens (including phenoxy) is 1. The fourth-order valence-corrected chi connectivity index (χ4v) is 3.91. The second kappa shape index (κ2) is 16.6. The Morgan fingerprint density at radius 2 is 1.67 bits per heavy atom. The van der Waals surface area contributed by atoms with Crippen molar-refractivity contribution in [1.29, 1.82) is 0 Å². The summed E-state index contributed by atoms with van der Waals surface area (Å²) in [6, 6.07) is 13.5. The number of allylic oxidation sites excluding steroid dienone is 2. The van der Waals surface area contributed by atoms with Gasteiger partial charge in [-0.3, -0.25) is 19.7 Å². The minimum absolute atomic E-state index is 0. The first-order valence-corrected chi connectivity index (χ1v) is 13.2. The smallest absolute Gasteiger partial charge is 0.744 e. The number of carbonyl (C=O) groups is 2. The van der Waals surface area contributed by atoms with Gasteiger partial charge in [0.25, 0.3) is 12.0 Å². The van der Waals surface area contributed by atoms with Crippen LogP contribution in [0.5, 0.6) is 0 Å². The first-order valence-electron chi connectivity index (χ1n) is 10.8. The maximum absolute atomic E-state index is 12.9. The van der Waals surface area contributed by atoms with Crippen molar-refractivity contribution in [3.8, 4) is 5.69 Å². The molecule has 0 amide bonds. The Balaban J connectivity index is 0.00000145. The number of aromatic nitrogens is 2. The van der Waals surface area contributed by atoms with Crippen molar-refractivity contribution in [2.45, 2.75) is 11.1 Å². The molecule has 2 aromatic carbocycles. The fraction of sp³-hybridized carbons (Fsp3) is 0.0435. The molecule has 0 saturated carbocycles. The number of carboxylic acid groups (broad SMARTS) is 1. The van der Waals surface area contributed by atoms with Gasteiger partial charge in [-0.2, -0.15) is 18.2 Å². The van der Waals surface area contributed by atoms with Crippen LogP contribution < -0.4 is 69.7 Å². The van der Waals surface area contributed by atoms with Gasteiger partial charge in [0.05, 0.1) is 21.7 Å². The third-order valence-corrected chi connectivity index (χ3v) is 5.99. The zero-order valence-corrected chi connectivity index (χ0v) is 27.8. The summed E-state index contributed by atoms with van der Waals surface area (Å²) < 4.78 is 64.4. The molecule has 0 radical (unpaired) electrons. The number of hydrogen-bond acceptors (Lipinski definition) is 13. The van der Waals surface area contributed by atoms with Gasteiger partial charge in [0.15, 0.2) is 11.9 Å². The molecular formula is C23H16N4Na2O12S2. The SMILES string of the molecule is O=COC1=NN(c2cc[c-]cc2)C(O)/C1=C\C=C\c1c(C(=O)O)[nH]n(-c2ccc(S(=O)(=O)[O-])cc2)c1=O.O=S(=O)=O.[Na+].[Na+]. The van der Waals surface area contributed by atoms with E-state index in [1.165, 1.54) is 17.2 Å². The average Bonchev–Trinajstić information content (AvgIpc) is 3.41. The van der Waals surface area contributed by atoms with Crippen LogP contribution in [-0.4, -0.2) is 70.2 Å². The molecule has 4 rings (SSSR count). The summed E-state index contributed by atoms with van der Waals surface area (Å²) in [5.74, 6) is -1.67. The summed E-state index contributed by atoms with van der Waals surface area (Å²) in [4.78, 5) is 35.1. The van der Waals surface area contributed by atoms with Gasteiger partial charge in [0, 0.05) is 0 Å². The topological polar surface area (TPSA) is 246 Å². The number of carbonyl (C=O) groups excluding carboxylic acids is 1. The standard InChI is InChI=1S/C23H17N4O9S.2Na.O3S/c28-13-36-20-18(22(30)27(25-20)14-5-2-1-3-6-14)8-4-7-17-19(23(31)32)24-26(21(17)29)15-9-11-16(12-10-15)37(33,34)35;;;1-4(2)3/h2-13,22,24,30H,(H,31,32)(H,33,34,35);;;/q-1;2*+1;/p-1/b7-4+,18-8-;;;. The summed E-state index contributed by atoms with van der Waals surface area (Å²) in [6.45, 7) is 0.127. The normalized spacial score (nSPS) is 15.0. The Hall–Kier alpha value is -3.17. The molecule has 1 aromatic heterocycles. The molecule has 214 valence electrons. The van der Waals surface area contributed by atoms with E-state index in [0.29, 0.717) is 5.69 Å². The van der Waals surface area contributed by atoms with Crippen molar-refractivity contribution in [2.75, 3.05) is 5.01 Å². The number of hydrogen-bond donors (Lipinski definition) is 3. The molecule has 3 N–H and O–H groups in total. The monoisotopic (exact) mass is 650 g/mol. The molecule has 1 aliphatic heterocycles. The predicted molar refractivity (Wildman–Crippen MR) is 136 cm³/mol. The van der Waals surface area contributed by atoms with Gasteiger partial charge in [0.2, 0.25) is 5.90 Å². The van der Waals surface area contributed by atoms with Crippen LogP contribution in [0.1, 0.15) is 16.1 Å². The third kappa shape index (κ3) is 9.66. The van der Waals surface area contributed by atoms with Crippen molar-refractivity contribution in [1.82, 2.24) is 9.78 Å². The number of carboxylic acids is 1. The maximum Gasteiger partial charge on any atom is 1.00 e.